The summed E-state index contributed by atoms with van der Waals surface area (Å²) < 4.78 is 0. The number of rotatable bonds is 6. The van der Waals surface area contributed by atoms with Crippen molar-refractivity contribution in [1.29, 1.82) is 0 Å². The van der Waals surface area contributed by atoms with Crippen molar-refractivity contribution in [1.82, 2.24) is 4.90 Å². The molecule has 20 heavy (non-hydrogen) atoms. The smallest absolute Gasteiger partial charge is 0.0853 e. The Morgan fingerprint density at radius 3 is 2.45 bits per heavy atom. The molecule has 0 aliphatic carbocycles. The van der Waals surface area contributed by atoms with Crippen molar-refractivity contribution < 1.29 is 5.11 Å². The van der Waals surface area contributed by atoms with E-state index < -0.39 is 6.10 Å². The van der Waals surface area contributed by atoms with E-state index in [2.05, 4.69) is 43.3 Å². The van der Waals surface area contributed by atoms with Crippen LogP contribution >= 0.6 is 11.3 Å². The summed E-state index contributed by atoms with van der Waals surface area (Å²) in [7, 11) is 2.11. The zero-order valence-corrected chi connectivity index (χ0v) is 13.2. The molecule has 0 saturated carbocycles. The van der Waals surface area contributed by atoms with Gasteiger partial charge < -0.3 is 10.0 Å². The fraction of sp³-hybridized carbons (Fsp3) is 0.412. The highest BCUT2D eigenvalue weighted by molar-refractivity contribution is 7.09. The molecule has 108 valence electrons. The van der Waals surface area contributed by atoms with Crippen LogP contribution < -0.4 is 0 Å². The second-order valence-corrected chi connectivity index (χ2v) is 7.09. The van der Waals surface area contributed by atoms with E-state index in [1.54, 1.807) is 11.3 Å². The average Bonchev–Trinajstić information content (AvgIpc) is 2.91. The number of hydrogen-bond donors (Lipinski definition) is 1. The zero-order valence-electron chi connectivity index (χ0n) is 12.4. The van der Waals surface area contributed by atoms with E-state index >= 15 is 0 Å². The molecule has 0 radical (unpaired) electrons. The van der Waals surface area contributed by atoms with Gasteiger partial charge in [-0.15, -0.1) is 11.3 Å². The first-order chi connectivity index (χ1) is 9.49. The van der Waals surface area contributed by atoms with Crippen molar-refractivity contribution in [3.8, 4) is 0 Å². The van der Waals surface area contributed by atoms with E-state index in [9.17, 15) is 5.11 Å². The molecule has 1 atom stereocenters. The van der Waals surface area contributed by atoms with Gasteiger partial charge in [-0.2, -0.15) is 0 Å². The third-order valence-electron chi connectivity index (χ3n) is 3.54. The van der Waals surface area contributed by atoms with E-state index in [4.69, 9.17) is 0 Å². The van der Waals surface area contributed by atoms with Crippen LogP contribution in [-0.2, 0) is 6.54 Å². The lowest BCUT2D eigenvalue weighted by Crippen LogP contribution is -2.35. The molecule has 2 rings (SSSR count). The van der Waals surface area contributed by atoms with Gasteiger partial charge in [-0.05, 0) is 24.1 Å². The van der Waals surface area contributed by atoms with Crippen molar-refractivity contribution >= 4 is 11.3 Å². The fourth-order valence-electron chi connectivity index (χ4n) is 2.59. The number of thiophene rings is 1. The Hall–Kier alpha value is -1.16. The van der Waals surface area contributed by atoms with Crippen molar-refractivity contribution in [3.05, 3.63) is 58.3 Å². The molecule has 0 saturated heterocycles. The van der Waals surface area contributed by atoms with E-state index in [0.29, 0.717) is 0 Å². The predicted molar refractivity (Wildman–Crippen MR) is 85.8 cm³/mol. The summed E-state index contributed by atoms with van der Waals surface area (Å²) in [6.07, 6.45) is -0.450. The molecule has 2 aromatic rings. The predicted octanol–water partition coefficient (Wildman–Crippen LogP) is 3.94. The molecule has 0 bridgehead atoms. The minimum absolute atomic E-state index is 0.187. The summed E-state index contributed by atoms with van der Waals surface area (Å²) in [6.45, 7) is 6.02. The average molecular weight is 289 g/mol. The first-order valence-corrected chi connectivity index (χ1v) is 7.81. The maximum absolute atomic E-state index is 10.6. The topological polar surface area (TPSA) is 23.5 Å². The Bertz CT molecular complexity index is 507. The number of nitrogens with zero attached hydrogens (tertiary/aromatic N) is 1. The van der Waals surface area contributed by atoms with Gasteiger partial charge in [-0.3, -0.25) is 0 Å². The van der Waals surface area contributed by atoms with Crippen molar-refractivity contribution in [3.63, 3.8) is 0 Å². The lowest BCUT2D eigenvalue weighted by molar-refractivity contribution is 0.0245. The molecule has 1 aromatic heterocycles. The van der Waals surface area contributed by atoms with Crippen molar-refractivity contribution in [2.24, 2.45) is 5.41 Å². The fourth-order valence-corrected chi connectivity index (χ4v) is 3.38. The summed E-state index contributed by atoms with van der Waals surface area (Å²) in [5.41, 5.74) is 0.801. The van der Waals surface area contributed by atoms with Gasteiger partial charge in [0.2, 0.25) is 0 Å². The van der Waals surface area contributed by atoms with E-state index in [0.717, 1.165) is 18.7 Å². The lowest BCUT2D eigenvalue weighted by atomic mass is 9.82. The van der Waals surface area contributed by atoms with Gasteiger partial charge in [0.05, 0.1) is 6.10 Å². The van der Waals surface area contributed by atoms with E-state index in [-0.39, 0.29) is 5.41 Å². The van der Waals surface area contributed by atoms with Crippen LogP contribution in [0.5, 0.6) is 0 Å². The summed E-state index contributed by atoms with van der Waals surface area (Å²) in [5, 5.41) is 12.7. The van der Waals surface area contributed by atoms with Gasteiger partial charge in [-0.1, -0.05) is 50.2 Å². The Kier molecular flexibility index (Phi) is 4.97. The van der Waals surface area contributed by atoms with Crippen LogP contribution in [0.4, 0.5) is 0 Å². The second kappa shape index (κ2) is 6.53. The highest BCUT2D eigenvalue weighted by atomic mass is 32.1. The highest BCUT2D eigenvalue weighted by Gasteiger charge is 2.30. The van der Waals surface area contributed by atoms with Gasteiger partial charge in [0, 0.05) is 23.4 Å². The third-order valence-corrected chi connectivity index (χ3v) is 4.40. The summed E-state index contributed by atoms with van der Waals surface area (Å²) in [4.78, 5) is 3.63. The maximum Gasteiger partial charge on any atom is 0.0853 e. The molecule has 3 heteroatoms. The molecule has 1 aromatic carbocycles. The van der Waals surface area contributed by atoms with Crippen LogP contribution in [0, 0.1) is 5.41 Å². The first-order valence-electron chi connectivity index (χ1n) is 6.93. The minimum atomic E-state index is -0.450. The number of aliphatic hydroxyl groups is 1. The van der Waals surface area contributed by atoms with Crippen molar-refractivity contribution in [2.45, 2.75) is 26.5 Å². The van der Waals surface area contributed by atoms with E-state index in [1.807, 2.05) is 30.3 Å². The number of aliphatic hydroxyl groups excluding tert-OH is 1. The molecule has 0 spiro atoms. The van der Waals surface area contributed by atoms with Gasteiger partial charge in [0.15, 0.2) is 0 Å². The van der Waals surface area contributed by atoms with Gasteiger partial charge in [-0.25, -0.2) is 0 Å². The SMILES string of the molecule is CN(Cc1cccs1)CC(C)(C)C(O)c1ccccc1. The van der Waals surface area contributed by atoms with Gasteiger partial charge >= 0.3 is 0 Å². The number of benzene rings is 1. The molecular formula is C17H23NOS. The summed E-state index contributed by atoms with van der Waals surface area (Å²) in [6, 6.07) is 14.1. The Balaban J connectivity index is 1.99. The second-order valence-electron chi connectivity index (χ2n) is 6.05. The minimum Gasteiger partial charge on any atom is -0.388 e. The Morgan fingerprint density at radius 2 is 1.85 bits per heavy atom. The van der Waals surface area contributed by atoms with Crippen LogP contribution in [0.25, 0.3) is 0 Å². The molecule has 0 aliphatic rings. The molecule has 2 nitrogen and oxygen atoms in total. The highest BCUT2D eigenvalue weighted by Crippen LogP contribution is 2.34. The van der Waals surface area contributed by atoms with Gasteiger partial charge in [0.25, 0.3) is 0 Å². The molecule has 0 amide bonds. The van der Waals surface area contributed by atoms with Crippen LogP contribution in [0.15, 0.2) is 47.8 Å². The molecule has 0 fully saturated rings. The zero-order chi connectivity index (χ0) is 14.6. The summed E-state index contributed by atoms with van der Waals surface area (Å²) >= 11 is 1.78. The first kappa shape index (κ1) is 15.2. The maximum atomic E-state index is 10.6. The van der Waals surface area contributed by atoms with Crippen LogP contribution in [0.3, 0.4) is 0 Å². The normalized spacial score (nSPS) is 13.7. The molecule has 0 aliphatic heterocycles. The lowest BCUT2D eigenvalue weighted by Gasteiger charge is -2.34. The van der Waals surface area contributed by atoms with Crippen LogP contribution in [0.1, 0.15) is 30.4 Å². The Morgan fingerprint density at radius 1 is 1.15 bits per heavy atom. The Labute approximate surface area is 125 Å². The molecular weight excluding hydrogens is 266 g/mol. The van der Waals surface area contributed by atoms with Crippen molar-refractivity contribution in [2.75, 3.05) is 13.6 Å². The molecule has 1 unspecified atom stereocenters. The van der Waals surface area contributed by atoms with Crippen LogP contribution in [-0.4, -0.2) is 23.6 Å². The van der Waals surface area contributed by atoms with E-state index in [1.165, 1.54) is 4.88 Å². The van der Waals surface area contributed by atoms with Crippen LogP contribution in [0.2, 0.25) is 0 Å². The largest absolute Gasteiger partial charge is 0.388 e. The number of hydrogen-bond acceptors (Lipinski definition) is 3. The molecule has 1 N–H and O–H groups in total. The monoisotopic (exact) mass is 289 g/mol. The van der Waals surface area contributed by atoms with Gasteiger partial charge in [0.1, 0.15) is 0 Å². The summed E-state index contributed by atoms with van der Waals surface area (Å²) in [5.74, 6) is 0. The molecule has 1 heterocycles. The standard InChI is InChI=1S/C17H23NOS/c1-17(2,16(19)14-8-5-4-6-9-14)13-18(3)12-15-10-7-11-20-15/h4-11,16,19H,12-13H2,1-3H3. The quantitative estimate of drug-likeness (QED) is 0.870. The third kappa shape index (κ3) is 3.92.